The Labute approximate surface area is 212 Å². The number of ether oxygens (including phenoxy) is 2. The van der Waals surface area contributed by atoms with Gasteiger partial charge in [0.2, 0.25) is 0 Å². The first-order valence-electron chi connectivity index (χ1n) is 12.7. The summed E-state index contributed by atoms with van der Waals surface area (Å²) in [5.41, 5.74) is 6.84. The van der Waals surface area contributed by atoms with E-state index in [1.54, 1.807) is 14.2 Å². The molecule has 0 saturated carbocycles. The van der Waals surface area contributed by atoms with E-state index in [0.29, 0.717) is 11.7 Å². The van der Waals surface area contributed by atoms with Gasteiger partial charge in [0.25, 0.3) is 0 Å². The van der Waals surface area contributed by atoms with E-state index >= 15 is 0 Å². The molecule has 4 atom stereocenters. The molecular weight excluding hydrogens is 444 g/mol. The number of carbonyl (C=O) groups excluding carboxylic acids is 1. The molecule has 0 fully saturated rings. The zero-order valence-corrected chi connectivity index (χ0v) is 20.7. The average molecular weight is 475 g/mol. The molecule has 2 aliphatic carbocycles. The third kappa shape index (κ3) is 3.62. The van der Waals surface area contributed by atoms with Gasteiger partial charge in [-0.05, 0) is 53.0 Å². The predicted octanol–water partition coefficient (Wildman–Crippen LogP) is 7.48. The lowest BCUT2D eigenvalue weighted by Crippen LogP contribution is -2.28. The molecule has 0 radical (unpaired) electrons. The highest BCUT2D eigenvalue weighted by molar-refractivity contribution is 6.02. The van der Waals surface area contributed by atoms with Gasteiger partial charge in [-0.1, -0.05) is 91.0 Å². The van der Waals surface area contributed by atoms with Crippen LogP contribution in [0.4, 0.5) is 0 Å². The Bertz CT molecular complexity index is 1380. The van der Waals surface area contributed by atoms with E-state index in [1.165, 1.54) is 22.3 Å². The summed E-state index contributed by atoms with van der Waals surface area (Å²) in [5, 5.41) is 0. The van der Waals surface area contributed by atoms with Gasteiger partial charge in [-0.3, -0.25) is 4.79 Å². The smallest absolute Gasteiger partial charge is 0.170 e. The maximum absolute atomic E-state index is 14.2. The molecule has 36 heavy (non-hydrogen) atoms. The highest BCUT2D eigenvalue weighted by Gasteiger charge is 2.47. The number of benzene rings is 4. The van der Waals surface area contributed by atoms with Crippen LogP contribution in [0.15, 0.2) is 97.1 Å². The van der Waals surface area contributed by atoms with Crippen LogP contribution in [0.2, 0.25) is 0 Å². The molecule has 180 valence electrons. The van der Waals surface area contributed by atoms with Crippen molar-refractivity contribution < 1.29 is 14.3 Å². The normalized spacial score (nSPS) is 22.1. The molecule has 6 rings (SSSR count). The van der Waals surface area contributed by atoms with Gasteiger partial charge >= 0.3 is 0 Å². The van der Waals surface area contributed by atoms with Crippen molar-refractivity contribution in [2.24, 2.45) is 0 Å². The van der Waals surface area contributed by atoms with Gasteiger partial charge < -0.3 is 9.47 Å². The molecule has 0 aliphatic heterocycles. The van der Waals surface area contributed by atoms with E-state index in [9.17, 15) is 4.79 Å². The molecule has 0 N–H and O–H groups in total. The van der Waals surface area contributed by atoms with Gasteiger partial charge in [0.15, 0.2) is 17.3 Å². The third-order valence-electron chi connectivity index (χ3n) is 8.10. The molecule has 3 nitrogen and oxygen atoms in total. The molecule has 1 unspecified atom stereocenters. The highest BCUT2D eigenvalue weighted by atomic mass is 16.5. The van der Waals surface area contributed by atoms with Crippen molar-refractivity contribution >= 4 is 5.78 Å². The molecule has 2 aliphatic rings. The lowest BCUT2D eigenvalue weighted by atomic mass is 9.66. The number of hydrogen-bond acceptors (Lipinski definition) is 3. The number of hydrogen-bond donors (Lipinski definition) is 0. The van der Waals surface area contributed by atoms with Crippen molar-refractivity contribution in [2.45, 2.75) is 36.5 Å². The van der Waals surface area contributed by atoms with Crippen molar-refractivity contribution in [3.63, 3.8) is 0 Å². The molecule has 4 aromatic rings. The maximum atomic E-state index is 14.2. The van der Waals surface area contributed by atoms with Gasteiger partial charge in [0.1, 0.15) is 0 Å². The predicted molar refractivity (Wildman–Crippen MR) is 143 cm³/mol. The summed E-state index contributed by atoms with van der Waals surface area (Å²) < 4.78 is 11.9. The minimum atomic E-state index is -0.283. The van der Waals surface area contributed by atoms with Gasteiger partial charge in [-0.2, -0.15) is 0 Å². The molecular formula is C33H30O3. The monoisotopic (exact) mass is 474 g/mol. The van der Waals surface area contributed by atoms with Crippen LogP contribution < -0.4 is 9.47 Å². The Morgan fingerprint density at radius 3 is 1.94 bits per heavy atom. The lowest BCUT2D eigenvalue weighted by Gasteiger charge is -2.37. The average Bonchev–Trinajstić information content (AvgIpc) is 3.34. The molecule has 0 bridgehead atoms. The van der Waals surface area contributed by atoms with E-state index in [1.807, 2.05) is 36.4 Å². The van der Waals surface area contributed by atoms with E-state index in [2.05, 4.69) is 60.7 Å². The Balaban J connectivity index is 1.60. The largest absolute Gasteiger partial charge is 0.493 e. The SMILES string of the molecule is COc1cc2c3c(c1OC)[C@@H](c1ccccc1)CC3C[C@@H](c1ccccc1)[C@@H]2C(=O)c1ccccc1. The Morgan fingerprint density at radius 2 is 1.33 bits per heavy atom. The molecule has 4 aromatic carbocycles. The van der Waals surface area contributed by atoms with E-state index in [4.69, 9.17) is 9.47 Å². The summed E-state index contributed by atoms with van der Waals surface area (Å²) >= 11 is 0. The summed E-state index contributed by atoms with van der Waals surface area (Å²) in [5.74, 6) is 2.04. The second-order valence-corrected chi connectivity index (χ2v) is 9.89. The topological polar surface area (TPSA) is 35.5 Å². The van der Waals surface area contributed by atoms with Crippen molar-refractivity contribution in [2.75, 3.05) is 14.2 Å². The summed E-state index contributed by atoms with van der Waals surface area (Å²) in [6.45, 7) is 0. The molecule has 0 saturated heterocycles. The minimum Gasteiger partial charge on any atom is -0.493 e. The second-order valence-electron chi connectivity index (χ2n) is 9.89. The first-order chi connectivity index (χ1) is 17.7. The molecule has 0 aromatic heterocycles. The maximum Gasteiger partial charge on any atom is 0.170 e. The summed E-state index contributed by atoms with van der Waals surface area (Å²) in [6, 6.07) is 33.0. The van der Waals surface area contributed by atoms with Crippen LogP contribution in [-0.2, 0) is 0 Å². The number of methoxy groups -OCH3 is 2. The van der Waals surface area contributed by atoms with Crippen LogP contribution in [0.5, 0.6) is 11.5 Å². The van der Waals surface area contributed by atoms with E-state index < -0.39 is 0 Å². The molecule has 0 amide bonds. The van der Waals surface area contributed by atoms with E-state index in [-0.39, 0.29) is 23.5 Å². The van der Waals surface area contributed by atoms with Gasteiger partial charge in [0.05, 0.1) is 20.1 Å². The van der Waals surface area contributed by atoms with Crippen molar-refractivity contribution in [1.29, 1.82) is 0 Å². The van der Waals surface area contributed by atoms with Crippen LogP contribution in [0.1, 0.15) is 74.7 Å². The van der Waals surface area contributed by atoms with Crippen molar-refractivity contribution in [3.8, 4) is 11.5 Å². The van der Waals surface area contributed by atoms with Crippen LogP contribution >= 0.6 is 0 Å². The molecule has 0 spiro atoms. The van der Waals surface area contributed by atoms with Gasteiger partial charge in [0, 0.05) is 17.0 Å². The van der Waals surface area contributed by atoms with Crippen molar-refractivity contribution in [1.82, 2.24) is 0 Å². The fraction of sp³-hybridized carbons (Fsp3) is 0.242. The zero-order chi connectivity index (χ0) is 24.6. The number of rotatable bonds is 6. The summed E-state index contributed by atoms with van der Waals surface area (Å²) in [6.07, 6.45) is 1.94. The quantitative estimate of drug-likeness (QED) is 0.272. The Morgan fingerprint density at radius 1 is 0.722 bits per heavy atom. The number of Topliss-reactive ketones (excluding diaryl/α,β-unsaturated/α-hetero) is 1. The zero-order valence-electron chi connectivity index (χ0n) is 20.7. The fourth-order valence-electron chi connectivity index (χ4n) is 6.63. The molecule has 0 heterocycles. The standard InChI is InChI=1S/C33H30O3/c1-35-28-20-27-29-24(19-26(31(29)33(28)36-2)22-14-8-4-9-15-22)18-25(21-12-6-3-7-13-21)30(27)32(34)23-16-10-5-11-17-23/h3-17,20,24-26,30H,18-19H2,1-2H3/t24?,25-,26+,30-/m0/s1. The van der Waals surface area contributed by atoms with Crippen LogP contribution in [0.25, 0.3) is 0 Å². The first kappa shape index (κ1) is 22.6. The van der Waals surface area contributed by atoms with Crippen LogP contribution in [0, 0.1) is 0 Å². The van der Waals surface area contributed by atoms with Crippen molar-refractivity contribution in [3.05, 3.63) is 130 Å². The van der Waals surface area contributed by atoms with E-state index in [0.717, 1.165) is 29.7 Å². The van der Waals surface area contributed by atoms with Gasteiger partial charge in [-0.15, -0.1) is 0 Å². The molecule has 3 heteroatoms. The highest BCUT2D eigenvalue weighted by Crippen LogP contribution is 2.61. The van der Waals surface area contributed by atoms with Crippen LogP contribution in [-0.4, -0.2) is 20.0 Å². The number of ketones is 1. The third-order valence-corrected chi connectivity index (χ3v) is 8.10. The Kier molecular flexibility index (Phi) is 5.85. The summed E-state index contributed by atoms with van der Waals surface area (Å²) in [4.78, 5) is 14.2. The van der Waals surface area contributed by atoms with Gasteiger partial charge in [-0.25, -0.2) is 0 Å². The first-order valence-corrected chi connectivity index (χ1v) is 12.7. The second kappa shape index (κ2) is 9.31. The Hall–Kier alpha value is -3.85. The number of carbonyl (C=O) groups is 1. The van der Waals surface area contributed by atoms with Crippen LogP contribution in [0.3, 0.4) is 0 Å². The minimum absolute atomic E-state index is 0.0943. The lowest BCUT2D eigenvalue weighted by molar-refractivity contribution is 0.0937. The summed E-state index contributed by atoms with van der Waals surface area (Å²) in [7, 11) is 3.41. The fourth-order valence-corrected chi connectivity index (χ4v) is 6.63.